The molecule has 0 amide bonds. The first kappa shape index (κ1) is 16.9. The van der Waals surface area contributed by atoms with Crippen molar-refractivity contribution in [1.29, 1.82) is 0 Å². The summed E-state index contributed by atoms with van der Waals surface area (Å²) in [6, 6.07) is 6.02. The number of aromatic nitrogens is 4. The molecule has 0 atom stereocenters. The third-order valence-electron chi connectivity index (χ3n) is 4.61. The number of H-pyrrole nitrogens is 1. The van der Waals surface area contributed by atoms with Crippen molar-refractivity contribution in [1.82, 2.24) is 19.5 Å². The average molecular weight is 369 g/mol. The molecule has 3 heterocycles. The second kappa shape index (κ2) is 6.62. The van der Waals surface area contributed by atoms with Crippen LogP contribution in [0.25, 0.3) is 16.7 Å². The van der Waals surface area contributed by atoms with E-state index >= 15 is 0 Å². The predicted octanol–water partition coefficient (Wildman–Crippen LogP) is 2.29. The van der Waals surface area contributed by atoms with Crippen molar-refractivity contribution in [2.24, 2.45) is 0 Å². The van der Waals surface area contributed by atoms with Gasteiger partial charge in [0.15, 0.2) is 5.65 Å². The lowest BCUT2D eigenvalue weighted by molar-refractivity contribution is 0.122. The highest BCUT2D eigenvalue weighted by atomic mass is 32.1. The Morgan fingerprint density at radius 3 is 2.58 bits per heavy atom. The second-order valence-corrected chi connectivity index (χ2v) is 6.73. The number of nitrogens with zero attached hydrogens (tertiary/aromatic N) is 4. The van der Waals surface area contributed by atoms with Gasteiger partial charge < -0.3 is 9.64 Å². The number of rotatable bonds is 2. The molecule has 1 aliphatic rings. The van der Waals surface area contributed by atoms with E-state index in [-0.39, 0.29) is 5.56 Å². The van der Waals surface area contributed by atoms with E-state index in [9.17, 15) is 4.79 Å². The molecule has 0 aliphatic carbocycles. The van der Waals surface area contributed by atoms with Crippen LogP contribution >= 0.6 is 12.2 Å². The number of hydrogen-bond donors (Lipinski definition) is 1. The Morgan fingerprint density at radius 1 is 1.19 bits per heavy atom. The van der Waals surface area contributed by atoms with Crippen molar-refractivity contribution in [3.8, 4) is 5.69 Å². The molecule has 1 saturated heterocycles. The molecule has 134 valence electrons. The molecular formula is C18H19N5O2S. The van der Waals surface area contributed by atoms with Gasteiger partial charge in [0.1, 0.15) is 16.4 Å². The summed E-state index contributed by atoms with van der Waals surface area (Å²) in [5.74, 6) is 0.512. The maximum absolute atomic E-state index is 12.7. The number of aromatic amines is 1. The van der Waals surface area contributed by atoms with Crippen LogP contribution in [-0.2, 0) is 4.74 Å². The molecule has 0 spiro atoms. The topological polar surface area (TPSA) is 76.0 Å². The zero-order chi connectivity index (χ0) is 18.3. The zero-order valence-corrected chi connectivity index (χ0v) is 15.5. The van der Waals surface area contributed by atoms with Gasteiger partial charge in [0, 0.05) is 13.1 Å². The van der Waals surface area contributed by atoms with E-state index in [0.29, 0.717) is 47.9 Å². The molecule has 0 unspecified atom stereocenters. The van der Waals surface area contributed by atoms with Crippen LogP contribution in [0, 0.1) is 18.5 Å². The maximum Gasteiger partial charge on any atom is 0.264 e. The molecule has 3 aromatic rings. The fraction of sp³-hybridized carbons (Fsp3) is 0.333. The van der Waals surface area contributed by atoms with E-state index < -0.39 is 0 Å². The molecule has 7 nitrogen and oxygen atoms in total. The lowest BCUT2D eigenvalue weighted by Gasteiger charge is -2.27. The Balaban J connectivity index is 1.90. The molecule has 8 heteroatoms. The Morgan fingerprint density at radius 2 is 1.88 bits per heavy atom. The minimum absolute atomic E-state index is 0.269. The summed E-state index contributed by atoms with van der Waals surface area (Å²) >= 11 is 5.61. The van der Waals surface area contributed by atoms with E-state index in [4.69, 9.17) is 17.0 Å². The summed E-state index contributed by atoms with van der Waals surface area (Å²) in [4.78, 5) is 26.5. The first-order chi connectivity index (χ1) is 12.6. The highest BCUT2D eigenvalue weighted by Crippen LogP contribution is 2.21. The number of anilines is 1. The first-order valence-electron chi connectivity index (χ1n) is 8.47. The van der Waals surface area contributed by atoms with E-state index in [1.807, 2.05) is 36.9 Å². The van der Waals surface area contributed by atoms with Gasteiger partial charge >= 0.3 is 0 Å². The number of fused-ring (bicyclic) bond motifs is 1. The summed E-state index contributed by atoms with van der Waals surface area (Å²) in [7, 11) is 0. The summed E-state index contributed by atoms with van der Waals surface area (Å²) in [5, 5.41) is 0.335. The Bertz CT molecular complexity index is 1080. The molecule has 2 aromatic heterocycles. The standard InChI is InChI=1S/C18H19N5O2S/c1-11-4-3-5-12(2)14(11)23-10-19-15-13(17(23)26)16(24)21-18(20-15)22-6-8-25-9-7-22/h3-5,10H,6-9H2,1-2H3,(H,20,21,24). The molecule has 4 rings (SSSR count). The molecule has 1 aliphatic heterocycles. The molecule has 0 saturated carbocycles. The molecule has 0 bridgehead atoms. The maximum atomic E-state index is 12.7. The van der Waals surface area contributed by atoms with Gasteiger partial charge in [0.25, 0.3) is 5.56 Å². The summed E-state index contributed by atoms with van der Waals surface area (Å²) in [6.45, 7) is 6.62. The summed E-state index contributed by atoms with van der Waals surface area (Å²) in [5.41, 5.74) is 3.18. The van der Waals surface area contributed by atoms with Crippen molar-refractivity contribution in [2.75, 3.05) is 31.2 Å². The monoisotopic (exact) mass is 369 g/mol. The van der Waals surface area contributed by atoms with E-state index in [1.165, 1.54) is 0 Å². The fourth-order valence-electron chi connectivity index (χ4n) is 3.29. The average Bonchev–Trinajstić information content (AvgIpc) is 2.63. The van der Waals surface area contributed by atoms with Crippen LogP contribution < -0.4 is 10.5 Å². The van der Waals surface area contributed by atoms with Crippen LogP contribution in [0.15, 0.2) is 29.3 Å². The zero-order valence-electron chi connectivity index (χ0n) is 14.7. The van der Waals surface area contributed by atoms with Gasteiger partial charge in [-0.15, -0.1) is 0 Å². The number of benzene rings is 1. The summed E-state index contributed by atoms with van der Waals surface area (Å²) < 4.78 is 7.55. The van der Waals surface area contributed by atoms with Crippen molar-refractivity contribution in [3.05, 3.63) is 50.6 Å². The van der Waals surface area contributed by atoms with Crippen molar-refractivity contribution in [3.63, 3.8) is 0 Å². The van der Waals surface area contributed by atoms with Gasteiger partial charge in [-0.1, -0.05) is 30.4 Å². The smallest absolute Gasteiger partial charge is 0.264 e. The highest BCUT2D eigenvalue weighted by molar-refractivity contribution is 7.71. The van der Waals surface area contributed by atoms with E-state index in [0.717, 1.165) is 16.8 Å². The normalized spacial score (nSPS) is 14.8. The van der Waals surface area contributed by atoms with Crippen molar-refractivity contribution < 1.29 is 4.74 Å². The van der Waals surface area contributed by atoms with Gasteiger partial charge in [0.05, 0.1) is 18.9 Å². The Labute approximate surface area is 155 Å². The van der Waals surface area contributed by atoms with Crippen LogP contribution in [0.3, 0.4) is 0 Å². The Hall–Kier alpha value is -2.58. The number of aryl methyl sites for hydroxylation is 2. The molecule has 26 heavy (non-hydrogen) atoms. The summed E-state index contributed by atoms with van der Waals surface area (Å²) in [6.07, 6.45) is 1.65. The first-order valence-corrected chi connectivity index (χ1v) is 8.88. The van der Waals surface area contributed by atoms with Crippen molar-refractivity contribution in [2.45, 2.75) is 13.8 Å². The highest BCUT2D eigenvalue weighted by Gasteiger charge is 2.17. The number of nitrogens with one attached hydrogen (secondary N) is 1. The largest absolute Gasteiger partial charge is 0.378 e. The minimum Gasteiger partial charge on any atom is -0.378 e. The quantitative estimate of drug-likeness (QED) is 0.699. The minimum atomic E-state index is -0.269. The van der Waals surface area contributed by atoms with E-state index in [1.54, 1.807) is 10.9 Å². The molecule has 1 aromatic carbocycles. The molecular weight excluding hydrogens is 350 g/mol. The number of para-hydroxylation sites is 1. The third kappa shape index (κ3) is 2.81. The molecule has 1 N–H and O–H groups in total. The van der Waals surface area contributed by atoms with Gasteiger partial charge in [-0.25, -0.2) is 4.98 Å². The predicted molar refractivity (Wildman–Crippen MR) is 103 cm³/mol. The number of hydrogen-bond acceptors (Lipinski definition) is 6. The second-order valence-electron chi connectivity index (χ2n) is 6.35. The SMILES string of the molecule is Cc1cccc(C)c1-n1cnc2nc(N3CCOCC3)[nH]c(=O)c2c1=S. The van der Waals surface area contributed by atoms with Gasteiger partial charge in [0.2, 0.25) is 5.95 Å². The van der Waals surface area contributed by atoms with Gasteiger partial charge in [-0.3, -0.25) is 14.3 Å². The lowest BCUT2D eigenvalue weighted by atomic mass is 10.1. The fourth-order valence-corrected chi connectivity index (χ4v) is 3.61. The molecule has 1 fully saturated rings. The van der Waals surface area contributed by atoms with Crippen LogP contribution in [0.5, 0.6) is 0 Å². The number of morpholine rings is 1. The van der Waals surface area contributed by atoms with Gasteiger partial charge in [-0.2, -0.15) is 4.98 Å². The third-order valence-corrected chi connectivity index (χ3v) is 5.01. The Kier molecular flexibility index (Phi) is 4.29. The van der Waals surface area contributed by atoms with E-state index in [2.05, 4.69) is 15.0 Å². The van der Waals surface area contributed by atoms with Crippen LogP contribution in [0.2, 0.25) is 0 Å². The van der Waals surface area contributed by atoms with Crippen LogP contribution in [0.4, 0.5) is 5.95 Å². The van der Waals surface area contributed by atoms with Crippen LogP contribution in [0.1, 0.15) is 11.1 Å². The van der Waals surface area contributed by atoms with Crippen molar-refractivity contribution >= 4 is 29.2 Å². The number of ether oxygens (including phenoxy) is 1. The lowest BCUT2D eigenvalue weighted by Crippen LogP contribution is -2.38. The van der Waals surface area contributed by atoms with Gasteiger partial charge in [-0.05, 0) is 25.0 Å². The van der Waals surface area contributed by atoms with Crippen LogP contribution in [-0.4, -0.2) is 45.8 Å². The molecule has 0 radical (unpaired) electrons.